The van der Waals surface area contributed by atoms with E-state index in [-0.39, 0.29) is 34.6 Å². The smallest absolute Gasteiger partial charge is 0.394 e. The molecule has 3 aromatic heterocycles. The van der Waals surface area contributed by atoms with Crippen molar-refractivity contribution in [3.63, 3.8) is 0 Å². The molecular weight excluding hydrogens is 451 g/mol. The van der Waals surface area contributed by atoms with Crippen LogP contribution >= 0.6 is 0 Å². The quantitative estimate of drug-likeness (QED) is 0.490. The predicted octanol–water partition coefficient (Wildman–Crippen LogP) is 2.96. The molecule has 0 radical (unpaired) electrons. The summed E-state index contributed by atoms with van der Waals surface area (Å²) in [5.41, 5.74) is -0.552. The summed E-state index contributed by atoms with van der Waals surface area (Å²) in [6, 6.07) is 1.86. The van der Waals surface area contributed by atoms with Crippen molar-refractivity contribution < 1.29 is 31.8 Å². The first kappa shape index (κ1) is 24.6. The lowest BCUT2D eigenvalue weighted by molar-refractivity contribution is -0.128. The highest BCUT2D eigenvalue weighted by atomic mass is 19.4. The van der Waals surface area contributed by atoms with Gasteiger partial charge in [-0.3, -0.25) is 0 Å². The molecule has 0 amide bonds. The number of piperidine rings is 1. The van der Waals surface area contributed by atoms with Crippen LogP contribution in [0.2, 0.25) is 0 Å². The highest BCUT2D eigenvalue weighted by Crippen LogP contribution is 2.30. The van der Waals surface area contributed by atoms with Gasteiger partial charge in [0.2, 0.25) is 0 Å². The Morgan fingerprint density at radius 1 is 1.24 bits per heavy atom. The second-order valence-electron chi connectivity index (χ2n) is 7.20. The summed E-state index contributed by atoms with van der Waals surface area (Å²) in [5, 5.41) is 17.1. The van der Waals surface area contributed by atoms with Gasteiger partial charge in [-0.1, -0.05) is 0 Å². The van der Waals surface area contributed by atoms with Crippen molar-refractivity contribution in [2.24, 2.45) is 0 Å². The van der Waals surface area contributed by atoms with Crippen molar-refractivity contribution in [3.05, 3.63) is 35.7 Å². The van der Waals surface area contributed by atoms with Gasteiger partial charge in [0.1, 0.15) is 22.8 Å². The number of nitrogens with zero attached hydrogens (tertiary/aromatic N) is 4. The first-order valence-corrected chi connectivity index (χ1v) is 10.0. The lowest BCUT2D eigenvalue weighted by Crippen LogP contribution is -2.38. The third kappa shape index (κ3) is 5.66. The molecule has 8 nitrogen and oxygen atoms in total. The number of ether oxygens (including phenoxy) is 1. The third-order valence-electron chi connectivity index (χ3n) is 4.93. The molecule has 1 unspecified atom stereocenters. The van der Waals surface area contributed by atoms with Gasteiger partial charge in [-0.15, -0.1) is 0 Å². The van der Waals surface area contributed by atoms with Gasteiger partial charge in [-0.25, -0.2) is 23.3 Å². The van der Waals surface area contributed by atoms with Crippen LogP contribution in [-0.2, 0) is 6.42 Å². The minimum absolute atomic E-state index is 0.0107. The van der Waals surface area contributed by atoms with E-state index in [1.807, 2.05) is 0 Å². The molecule has 3 aromatic rings. The summed E-state index contributed by atoms with van der Waals surface area (Å²) < 4.78 is 73.8. The molecule has 1 aliphatic heterocycles. The van der Waals surface area contributed by atoms with Crippen LogP contribution in [0.4, 0.5) is 27.8 Å². The van der Waals surface area contributed by atoms with Crippen LogP contribution in [0.1, 0.15) is 18.5 Å². The van der Waals surface area contributed by atoms with E-state index in [9.17, 15) is 22.0 Å². The van der Waals surface area contributed by atoms with Crippen molar-refractivity contribution in [3.8, 4) is 17.1 Å². The van der Waals surface area contributed by atoms with Crippen LogP contribution in [0, 0.1) is 11.6 Å². The fourth-order valence-electron chi connectivity index (χ4n) is 3.50. The molecule has 0 bridgehead atoms. The van der Waals surface area contributed by atoms with Crippen LogP contribution in [0.25, 0.3) is 17.0 Å². The number of imidazole rings is 1. The Labute approximate surface area is 185 Å². The van der Waals surface area contributed by atoms with Gasteiger partial charge in [-0.2, -0.15) is 18.3 Å². The third-order valence-corrected chi connectivity index (χ3v) is 4.93. The first-order valence-electron chi connectivity index (χ1n) is 10.0. The Morgan fingerprint density at radius 3 is 2.64 bits per heavy atom. The average Bonchev–Trinajstić information content (AvgIpc) is 3.18. The van der Waals surface area contributed by atoms with E-state index >= 15 is 0 Å². The summed E-state index contributed by atoms with van der Waals surface area (Å²) in [6.45, 7) is 1.46. The molecule has 1 saturated heterocycles. The minimum atomic E-state index is -4.53. The molecule has 3 N–H and O–H groups in total. The summed E-state index contributed by atoms with van der Waals surface area (Å²) in [4.78, 5) is 8.12. The second kappa shape index (κ2) is 10.3. The number of nitrogens with one attached hydrogen (secondary N) is 2. The van der Waals surface area contributed by atoms with Gasteiger partial charge >= 0.3 is 6.18 Å². The van der Waals surface area contributed by atoms with E-state index < -0.39 is 29.9 Å². The number of hydrogen-bond acceptors (Lipinski definition) is 7. The average molecular weight is 474 g/mol. The van der Waals surface area contributed by atoms with E-state index in [1.165, 1.54) is 19.4 Å². The Morgan fingerprint density at radius 2 is 2.00 bits per heavy atom. The molecule has 0 spiro atoms. The van der Waals surface area contributed by atoms with Crippen LogP contribution in [0.5, 0.6) is 5.75 Å². The molecule has 1 aliphatic rings. The summed E-state index contributed by atoms with van der Waals surface area (Å²) in [6.07, 6.45) is -2.97. The Hall–Kier alpha value is -3.06. The Kier molecular flexibility index (Phi) is 7.64. The Bertz CT molecular complexity index is 1100. The van der Waals surface area contributed by atoms with Gasteiger partial charge in [0, 0.05) is 31.8 Å². The molecule has 33 heavy (non-hydrogen) atoms. The van der Waals surface area contributed by atoms with Crippen molar-refractivity contribution in [2.45, 2.75) is 31.5 Å². The maximum absolute atomic E-state index is 14.6. The van der Waals surface area contributed by atoms with Crippen molar-refractivity contribution in [1.82, 2.24) is 24.9 Å². The van der Waals surface area contributed by atoms with Gasteiger partial charge in [0.15, 0.2) is 23.1 Å². The number of pyridine rings is 1. The van der Waals surface area contributed by atoms with E-state index in [4.69, 9.17) is 9.84 Å². The zero-order chi connectivity index (χ0) is 24.2. The van der Waals surface area contributed by atoms with Crippen LogP contribution in [0.3, 0.4) is 0 Å². The van der Waals surface area contributed by atoms with E-state index in [2.05, 4.69) is 25.7 Å². The molecule has 1 fully saturated rings. The SMILES string of the molecule is CO.COc1cc2ncc(-c3nc(NC4CCCNC4)c(F)cc3F)n2nc1CC(F)(F)F. The van der Waals surface area contributed by atoms with E-state index in [0.717, 1.165) is 31.0 Å². The number of anilines is 1. The zero-order valence-corrected chi connectivity index (χ0v) is 17.9. The molecule has 13 heteroatoms. The van der Waals surface area contributed by atoms with Gasteiger partial charge < -0.3 is 20.5 Å². The molecule has 4 rings (SSSR count). The summed E-state index contributed by atoms with van der Waals surface area (Å²) in [7, 11) is 2.22. The molecule has 4 heterocycles. The molecule has 180 valence electrons. The summed E-state index contributed by atoms with van der Waals surface area (Å²) >= 11 is 0. The fourth-order valence-corrected chi connectivity index (χ4v) is 3.50. The lowest BCUT2D eigenvalue weighted by Gasteiger charge is -2.24. The molecule has 0 aliphatic carbocycles. The van der Waals surface area contributed by atoms with E-state index in [1.54, 1.807) is 0 Å². The number of fused-ring (bicyclic) bond motifs is 1. The van der Waals surface area contributed by atoms with Crippen molar-refractivity contribution in [2.75, 3.05) is 32.6 Å². The summed E-state index contributed by atoms with van der Waals surface area (Å²) in [5.74, 6) is -2.10. The highest BCUT2D eigenvalue weighted by Gasteiger charge is 2.31. The lowest BCUT2D eigenvalue weighted by atomic mass is 10.1. The van der Waals surface area contributed by atoms with Crippen molar-refractivity contribution >= 4 is 11.5 Å². The largest absolute Gasteiger partial charge is 0.495 e. The highest BCUT2D eigenvalue weighted by molar-refractivity contribution is 5.63. The maximum Gasteiger partial charge on any atom is 0.394 e. The maximum atomic E-state index is 14.6. The topological polar surface area (TPSA) is 96.6 Å². The number of hydrogen-bond donors (Lipinski definition) is 3. The zero-order valence-electron chi connectivity index (χ0n) is 17.9. The van der Waals surface area contributed by atoms with Crippen LogP contribution < -0.4 is 15.4 Å². The van der Waals surface area contributed by atoms with Gasteiger partial charge in [0.25, 0.3) is 0 Å². The number of rotatable bonds is 5. The molecule has 1 atom stereocenters. The van der Waals surface area contributed by atoms with Crippen molar-refractivity contribution in [1.29, 1.82) is 0 Å². The predicted molar refractivity (Wildman–Crippen MR) is 110 cm³/mol. The molecule has 0 saturated carbocycles. The van der Waals surface area contributed by atoms with Gasteiger partial charge in [-0.05, 0) is 19.4 Å². The molecular formula is C20H23F5N6O2. The van der Waals surface area contributed by atoms with Crippen LogP contribution in [-0.4, -0.2) is 64.2 Å². The second-order valence-corrected chi connectivity index (χ2v) is 7.20. The number of aliphatic hydroxyl groups excluding tert-OH is 1. The van der Waals surface area contributed by atoms with E-state index in [0.29, 0.717) is 12.6 Å². The normalized spacial score (nSPS) is 16.3. The number of alkyl halides is 3. The minimum Gasteiger partial charge on any atom is -0.495 e. The monoisotopic (exact) mass is 474 g/mol. The first-order chi connectivity index (χ1) is 15.7. The number of aliphatic hydroxyl groups is 1. The fraction of sp³-hybridized carbons (Fsp3) is 0.450. The number of halogens is 5. The number of aromatic nitrogens is 4. The van der Waals surface area contributed by atoms with Gasteiger partial charge in [0.05, 0.1) is 19.7 Å². The number of methoxy groups -OCH3 is 1. The van der Waals surface area contributed by atoms with Crippen LogP contribution in [0.15, 0.2) is 18.3 Å². The molecule has 0 aromatic carbocycles. The Balaban J connectivity index is 0.00000149. The standard InChI is InChI=1S/C19H19F5N6O.CH4O/c1-31-15-6-16-26-9-14(30(16)29-13(15)7-19(22,23)24)17-11(20)5-12(21)18(28-17)27-10-3-2-4-25-8-10;1-2/h5-6,9-10,25H,2-4,7-8H2,1H3,(H,27,28);2H,1H3.